The smallest absolute Gasteiger partial charge is 0.257 e. The molecule has 1 saturated carbocycles. The predicted molar refractivity (Wildman–Crippen MR) is 112 cm³/mol. The van der Waals surface area contributed by atoms with Crippen LogP contribution in [0.2, 0.25) is 0 Å². The minimum atomic E-state index is -3.56. The molecule has 27 heavy (non-hydrogen) atoms. The second kappa shape index (κ2) is 6.66. The molecule has 0 unspecified atom stereocenters. The van der Waals surface area contributed by atoms with Gasteiger partial charge in [0.05, 0.1) is 16.6 Å². The zero-order valence-corrected chi connectivity index (χ0v) is 17.4. The first-order valence-corrected chi connectivity index (χ1v) is 11.2. The maximum atomic E-state index is 14.3. The van der Waals surface area contributed by atoms with Gasteiger partial charge in [-0.05, 0) is 60.6 Å². The second-order valence-electron chi connectivity index (χ2n) is 6.70. The Morgan fingerprint density at radius 1 is 1.30 bits per heavy atom. The van der Waals surface area contributed by atoms with E-state index in [4.69, 9.17) is 0 Å². The molecule has 0 bridgehead atoms. The summed E-state index contributed by atoms with van der Waals surface area (Å²) in [6.45, 7) is 2.58. The number of aromatic nitrogens is 1. The second-order valence-corrected chi connectivity index (χ2v) is 9.91. The Balaban J connectivity index is 1.86. The Morgan fingerprint density at radius 3 is 2.70 bits per heavy atom. The molecule has 2 heterocycles. The molecule has 0 amide bonds. The average molecular weight is 504 g/mol. The lowest BCUT2D eigenvalue weighted by molar-refractivity contribution is 0.600. The van der Waals surface area contributed by atoms with Crippen molar-refractivity contribution in [3.8, 4) is 0 Å². The van der Waals surface area contributed by atoms with E-state index in [2.05, 4.69) is 15.4 Å². The Labute approximate surface area is 169 Å². The van der Waals surface area contributed by atoms with E-state index in [1.165, 1.54) is 10.6 Å². The molecular formula is C17H18FIN4O3S. The number of nitrogens with one attached hydrogen (secondary N) is 3. The molecule has 2 aliphatic rings. The first-order valence-electron chi connectivity index (χ1n) is 8.53. The maximum Gasteiger partial charge on any atom is 0.257 e. The van der Waals surface area contributed by atoms with Crippen LogP contribution in [0.5, 0.6) is 0 Å². The third-order valence-corrected chi connectivity index (χ3v) is 7.23. The molecule has 0 spiro atoms. The molecule has 1 aromatic carbocycles. The number of anilines is 4. The number of pyridine rings is 1. The van der Waals surface area contributed by atoms with Crippen molar-refractivity contribution in [2.75, 3.05) is 21.9 Å². The highest BCUT2D eigenvalue weighted by Gasteiger charge is 2.37. The van der Waals surface area contributed by atoms with Gasteiger partial charge in [0, 0.05) is 22.2 Å². The monoisotopic (exact) mass is 504 g/mol. The van der Waals surface area contributed by atoms with Gasteiger partial charge in [-0.2, -0.15) is 0 Å². The van der Waals surface area contributed by atoms with Crippen molar-refractivity contribution >= 4 is 55.5 Å². The highest BCUT2D eigenvalue weighted by atomic mass is 127. The average Bonchev–Trinajstić information content (AvgIpc) is 3.36. The summed E-state index contributed by atoms with van der Waals surface area (Å²) in [6.07, 6.45) is 1.23. The van der Waals surface area contributed by atoms with Crippen molar-refractivity contribution in [2.45, 2.75) is 31.6 Å². The molecule has 4 rings (SSSR count). The van der Waals surface area contributed by atoms with Crippen LogP contribution in [0.4, 0.5) is 27.3 Å². The molecule has 144 valence electrons. The van der Waals surface area contributed by atoms with Crippen LogP contribution in [0.25, 0.3) is 0 Å². The third kappa shape index (κ3) is 3.40. The van der Waals surface area contributed by atoms with Gasteiger partial charge < -0.3 is 10.6 Å². The Bertz CT molecular complexity index is 1100. The molecule has 10 heteroatoms. The molecule has 1 aromatic heterocycles. The van der Waals surface area contributed by atoms with E-state index in [9.17, 15) is 17.6 Å². The third-order valence-electron chi connectivity index (χ3n) is 4.72. The van der Waals surface area contributed by atoms with E-state index in [0.717, 1.165) is 3.57 Å². The number of rotatable bonds is 5. The summed E-state index contributed by atoms with van der Waals surface area (Å²) in [5, 5.41) is 5.58. The van der Waals surface area contributed by atoms with Crippen molar-refractivity contribution in [3.63, 3.8) is 0 Å². The number of sulfonamides is 1. The summed E-state index contributed by atoms with van der Waals surface area (Å²) in [5.41, 5.74) is 0.791. The topological polar surface area (TPSA) is 92.2 Å². The number of hydrogen-bond acceptors (Lipinski definition) is 5. The Morgan fingerprint density at radius 2 is 2.04 bits per heavy atom. The molecule has 3 N–H and O–H groups in total. The van der Waals surface area contributed by atoms with Crippen LogP contribution in [0.3, 0.4) is 0 Å². The summed E-state index contributed by atoms with van der Waals surface area (Å²) in [6, 6.07) is 4.66. The van der Waals surface area contributed by atoms with Crippen LogP contribution in [-0.2, 0) is 16.6 Å². The van der Waals surface area contributed by atoms with Crippen LogP contribution < -0.4 is 20.9 Å². The molecule has 0 atom stereocenters. The van der Waals surface area contributed by atoms with E-state index in [1.54, 1.807) is 19.1 Å². The molecular weight excluding hydrogens is 486 g/mol. The van der Waals surface area contributed by atoms with Crippen molar-refractivity contribution < 1.29 is 12.8 Å². The van der Waals surface area contributed by atoms with Crippen LogP contribution in [0.15, 0.2) is 23.0 Å². The molecule has 0 saturated heterocycles. The molecule has 1 fully saturated rings. The van der Waals surface area contributed by atoms with Gasteiger partial charge in [-0.3, -0.25) is 14.1 Å². The molecule has 2 aromatic rings. The number of nitrogens with zero attached hydrogens (tertiary/aromatic N) is 1. The van der Waals surface area contributed by atoms with Crippen molar-refractivity contribution in [2.24, 2.45) is 0 Å². The lowest BCUT2D eigenvalue weighted by Gasteiger charge is -2.20. The van der Waals surface area contributed by atoms with Crippen LogP contribution >= 0.6 is 22.6 Å². The SMILES string of the molecule is Cc1c(Nc2ccc(I)cc2F)c(NS(=O)(=O)C2CC2)c2n(c1=O)CCN2. The van der Waals surface area contributed by atoms with Crippen LogP contribution in [0, 0.1) is 16.3 Å². The fourth-order valence-electron chi connectivity index (χ4n) is 3.12. The molecule has 0 radical (unpaired) electrons. The lowest BCUT2D eigenvalue weighted by Crippen LogP contribution is -2.26. The number of halogens is 2. The van der Waals surface area contributed by atoms with Gasteiger partial charge in [-0.15, -0.1) is 0 Å². The van der Waals surface area contributed by atoms with Gasteiger partial charge in [0.1, 0.15) is 17.3 Å². The van der Waals surface area contributed by atoms with Gasteiger partial charge in [-0.1, -0.05) is 0 Å². The van der Waals surface area contributed by atoms with Gasteiger partial charge in [0.15, 0.2) is 0 Å². The summed E-state index contributed by atoms with van der Waals surface area (Å²) in [7, 11) is -3.56. The van der Waals surface area contributed by atoms with E-state index < -0.39 is 21.1 Å². The fourth-order valence-corrected chi connectivity index (χ4v) is 4.98. The molecule has 1 aliphatic heterocycles. The minimum Gasteiger partial charge on any atom is -0.368 e. The number of hydrogen-bond donors (Lipinski definition) is 3. The van der Waals surface area contributed by atoms with E-state index in [-0.39, 0.29) is 22.6 Å². The van der Waals surface area contributed by atoms with Gasteiger partial charge in [0.25, 0.3) is 5.56 Å². The Kier molecular flexibility index (Phi) is 4.57. The summed E-state index contributed by atoms with van der Waals surface area (Å²) in [4.78, 5) is 12.7. The summed E-state index contributed by atoms with van der Waals surface area (Å²) < 4.78 is 44.3. The minimum absolute atomic E-state index is 0.174. The standard InChI is InChI=1S/C17H18FIN4O3S/c1-9-14(21-13-5-2-10(19)8-12(13)18)15(22-27(25,26)11-3-4-11)16-20-6-7-23(16)17(9)24/h2,5,8,11,20-22H,3-4,6-7H2,1H3. The first kappa shape index (κ1) is 18.5. The first-order chi connectivity index (χ1) is 12.8. The number of benzene rings is 1. The van der Waals surface area contributed by atoms with Crippen molar-refractivity contribution in [1.82, 2.24) is 4.57 Å². The zero-order chi connectivity index (χ0) is 19.3. The predicted octanol–water partition coefficient (Wildman–Crippen LogP) is 2.97. The normalized spacial score (nSPS) is 16.0. The van der Waals surface area contributed by atoms with E-state index >= 15 is 0 Å². The maximum absolute atomic E-state index is 14.3. The highest BCUT2D eigenvalue weighted by Crippen LogP contribution is 2.39. The zero-order valence-electron chi connectivity index (χ0n) is 14.5. The fraction of sp³-hybridized carbons (Fsp3) is 0.353. The van der Waals surface area contributed by atoms with Crippen LogP contribution in [0.1, 0.15) is 18.4 Å². The van der Waals surface area contributed by atoms with Crippen molar-refractivity contribution in [1.29, 1.82) is 0 Å². The van der Waals surface area contributed by atoms with Gasteiger partial charge >= 0.3 is 0 Å². The largest absolute Gasteiger partial charge is 0.368 e. The summed E-state index contributed by atoms with van der Waals surface area (Å²) >= 11 is 2.00. The Hall–Kier alpha value is -1.82. The van der Waals surface area contributed by atoms with Crippen molar-refractivity contribution in [3.05, 3.63) is 43.5 Å². The van der Waals surface area contributed by atoms with Gasteiger partial charge in [-0.25, -0.2) is 12.8 Å². The van der Waals surface area contributed by atoms with Crippen LogP contribution in [-0.4, -0.2) is 24.8 Å². The van der Waals surface area contributed by atoms with E-state index in [0.29, 0.717) is 37.3 Å². The molecule has 7 nitrogen and oxygen atoms in total. The van der Waals surface area contributed by atoms with Gasteiger partial charge in [0.2, 0.25) is 10.0 Å². The quantitative estimate of drug-likeness (QED) is 0.545. The number of fused-ring (bicyclic) bond motifs is 1. The lowest BCUT2D eigenvalue weighted by atomic mass is 10.2. The highest BCUT2D eigenvalue weighted by molar-refractivity contribution is 14.1. The van der Waals surface area contributed by atoms with E-state index in [1.807, 2.05) is 22.6 Å². The molecule has 1 aliphatic carbocycles. The summed E-state index contributed by atoms with van der Waals surface area (Å²) in [5.74, 6) is -0.0749.